The minimum atomic E-state index is -0.384. The third kappa shape index (κ3) is 5.47. The van der Waals surface area contributed by atoms with E-state index in [1.807, 2.05) is 26.1 Å². The number of carbonyl (C=O) groups excluding carboxylic acids is 2. The molecular formula is C25H27N7O3S. The third-order valence-corrected chi connectivity index (χ3v) is 7.17. The van der Waals surface area contributed by atoms with E-state index in [-0.39, 0.29) is 11.1 Å². The molecule has 0 radical (unpaired) electrons. The molecule has 2 saturated heterocycles. The standard InChI is InChI=1S/C25H27N7O3S/c1-15-22(16(2)35-31-15)20-11-18(3-7-27-20)14-26-13-17-5-9-32(10-6-17)24-28-8-4-19(29-24)12-21-23(33)30-25(34)36-21/h3-4,7-8,11-12,17,26H,5-6,9-10,13-14H2,1-2H3,(H,30,33,34)/b21-12-. The van der Waals surface area contributed by atoms with E-state index in [1.54, 1.807) is 18.3 Å². The van der Waals surface area contributed by atoms with E-state index < -0.39 is 0 Å². The average molecular weight is 506 g/mol. The SMILES string of the molecule is Cc1noc(C)c1-c1cc(CNCC2CCN(c3nccc(/C=C4\SC(=O)NC4=O)n3)CC2)ccn1. The summed E-state index contributed by atoms with van der Waals surface area (Å²) in [6, 6.07) is 5.85. The molecule has 0 atom stereocenters. The van der Waals surface area contributed by atoms with Crippen LogP contribution in [0, 0.1) is 19.8 Å². The van der Waals surface area contributed by atoms with Gasteiger partial charge in [-0.05, 0) is 80.8 Å². The number of nitrogens with one attached hydrogen (secondary N) is 2. The Hall–Kier alpha value is -3.57. The molecular weight excluding hydrogens is 478 g/mol. The van der Waals surface area contributed by atoms with Crippen molar-refractivity contribution in [2.75, 3.05) is 24.5 Å². The maximum atomic E-state index is 11.8. The second-order valence-corrected chi connectivity index (χ2v) is 9.96. The van der Waals surface area contributed by atoms with Crippen LogP contribution in [-0.4, -0.2) is 50.9 Å². The summed E-state index contributed by atoms with van der Waals surface area (Å²) in [5.41, 5.74) is 4.49. The van der Waals surface area contributed by atoms with Gasteiger partial charge in [0.2, 0.25) is 5.95 Å². The van der Waals surface area contributed by atoms with Gasteiger partial charge in [-0.1, -0.05) is 5.16 Å². The van der Waals surface area contributed by atoms with Gasteiger partial charge in [-0.25, -0.2) is 9.97 Å². The fourth-order valence-corrected chi connectivity index (χ4v) is 5.14. The minimum Gasteiger partial charge on any atom is -0.361 e. The second-order valence-electron chi connectivity index (χ2n) is 8.94. The first-order chi connectivity index (χ1) is 17.5. The molecule has 5 rings (SSSR count). The van der Waals surface area contributed by atoms with Gasteiger partial charge in [-0.2, -0.15) is 0 Å². The first-order valence-corrected chi connectivity index (χ1v) is 12.7. The Bertz CT molecular complexity index is 1290. The topological polar surface area (TPSA) is 126 Å². The zero-order valence-corrected chi connectivity index (χ0v) is 21.0. The molecule has 10 nitrogen and oxygen atoms in total. The lowest BCUT2D eigenvalue weighted by Gasteiger charge is -2.32. The minimum absolute atomic E-state index is 0.349. The van der Waals surface area contributed by atoms with E-state index in [9.17, 15) is 9.59 Å². The number of rotatable bonds is 7. The van der Waals surface area contributed by atoms with Gasteiger partial charge in [0.1, 0.15) is 5.76 Å². The lowest BCUT2D eigenvalue weighted by Crippen LogP contribution is -2.38. The molecule has 2 N–H and O–H groups in total. The van der Waals surface area contributed by atoms with Crippen LogP contribution in [0.1, 0.15) is 35.6 Å². The largest absolute Gasteiger partial charge is 0.361 e. The molecule has 0 spiro atoms. The summed E-state index contributed by atoms with van der Waals surface area (Å²) in [5, 5.41) is 9.52. The summed E-state index contributed by atoms with van der Waals surface area (Å²) < 4.78 is 5.28. The van der Waals surface area contributed by atoms with E-state index in [1.165, 1.54) is 5.56 Å². The number of amides is 2. The maximum absolute atomic E-state index is 11.8. The monoisotopic (exact) mass is 505 g/mol. The van der Waals surface area contributed by atoms with Crippen molar-refractivity contribution in [2.45, 2.75) is 33.2 Å². The van der Waals surface area contributed by atoms with Gasteiger partial charge in [0.15, 0.2) is 0 Å². The van der Waals surface area contributed by atoms with Crippen molar-refractivity contribution in [1.29, 1.82) is 0 Å². The number of anilines is 1. The number of piperidine rings is 1. The lowest BCUT2D eigenvalue weighted by molar-refractivity contribution is -0.115. The number of thioether (sulfide) groups is 1. The van der Waals surface area contributed by atoms with Crippen LogP contribution in [0.4, 0.5) is 10.7 Å². The second kappa shape index (κ2) is 10.6. The number of aryl methyl sites for hydroxylation is 2. The predicted octanol–water partition coefficient (Wildman–Crippen LogP) is 3.47. The number of hydrogen-bond donors (Lipinski definition) is 2. The summed E-state index contributed by atoms with van der Waals surface area (Å²) in [4.78, 5) is 39.2. The van der Waals surface area contributed by atoms with Crippen LogP contribution < -0.4 is 15.5 Å². The van der Waals surface area contributed by atoms with Gasteiger partial charge in [-0.3, -0.25) is 19.9 Å². The summed E-state index contributed by atoms with van der Waals surface area (Å²) in [7, 11) is 0. The van der Waals surface area contributed by atoms with E-state index in [0.29, 0.717) is 22.5 Å². The Balaban J connectivity index is 1.12. The molecule has 0 saturated carbocycles. The van der Waals surface area contributed by atoms with Crippen molar-refractivity contribution in [1.82, 2.24) is 30.7 Å². The van der Waals surface area contributed by atoms with Gasteiger partial charge < -0.3 is 14.7 Å². The summed E-state index contributed by atoms with van der Waals surface area (Å²) in [5.74, 6) is 1.61. The molecule has 11 heteroatoms. The van der Waals surface area contributed by atoms with Gasteiger partial charge in [-0.15, -0.1) is 0 Å². The van der Waals surface area contributed by atoms with Gasteiger partial charge in [0.25, 0.3) is 11.1 Å². The molecule has 2 aliphatic rings. The summed E-state index contributed by atoms with van der Waals surface area (Å²) in [6.07, 6.45) is 7.22. The molecule has 36 heavy (non-hydrogen) atoms. The Labute approximate surface area is 213 Å². The van der Waals surface area contributed by atoms with Crippen molar-refractivity contribution in [2.24, 2.45) is 5.92 Å². The zero-order chi connectivity index (χ0) is 25.1. The van der Waals surface area contributed by atoms with Crippen molar-refractivity contribution >= 4 is 34.9 Å². The molecule has 186 valence electrons. The van der Waals surface area contributed by atoms with Crippen LogP contribution in [0.15, 0.2) is 40.0 Å². The van der Waals surface area contributed by atoms with Crippen LogP contribution in [-0.2, 0) is 11.3 Å². The van der Waals surface area contributed by atoms with Gasteiger partial charge in [0, 0.05) is 32.0 Å². The molecule has 0 aliphatic carbocycles. The quantitative estimate of drug-likeness (QED) is 0.461. The molecule has 5 heterocycles. The molecule has 0 unspecified atom stereocenters. The number of hydrogen-bond acceptors (Lipinski definition) is 10. The Morgan fingerprint density at radius 1 is 1.19 bits per heavy atom. The zero-order valence-electron chi connectivity index (χ0n) is 20.2. The maximum Gasteiger partial charge on any atom is 0.290 e. The molecule has 0 bridgehead atoms. The highest BCUT2D eigenvalue weighted by atomic mass is 32.2. The Morgan fingerprint density at radius 3 is 2.72 bits per heavy atom. The number of imide groups is 1. The van der Waals surface area contributed by atoms with E-state index in [2.05, 4.69) is 41.7 Å². The number of aromatic nitrogens is 4. The highest BCUT2D eigenvalue weighted by Gasteiger charge is 2.26. The van der Waals surface area contributed by atoms with Gasteiger partial charge in [0.05, 0.1) is 27.6 Å². The fourth-order valence-electron chi connectivity index (χ4n) is 4.48. The van der Waals surface area contributed by atoms with Gasteiger partial charge >= 0.3 is 0 Å². The van der Waals surface area contributed by atoms with Crippen LogP contribution in [0.25, 0.3) is 17.3 Å². The van der Waals surface area contributed by atoms with Crippen LogP contribution in [0.3, 0.4) is 0 Å². The first-order valence-electron chi connectivity index (χ1n) is 11.9. The molecule has 0 aromatic carbocycles. The predicted molar refractivity (Wildman–Crippen MR) is 137 cm³/mol. The van der Waals surface area contributed by atoms with E-state index in [4.69, 9.17) is 4.52 Å². The third-order valence-electron chi connectivity index (χ3n) is 6.36. The van der Waals surface area contributed by atoms with Crippen molar-refractivity contribution in [3.05, 3.63) is 58.2 Å². The number of pyridine rings is 1. The molecule has 2 aliphatic heterocycles. The summed E-state index contributed by atoms with van der Waals surface area (Å²) >= 11 is 0.887. The first kappa shape index (κ1) is 24.1. The molecule has 2 fully saturated rings. The van der Waals surface area contributed by atoms with Crippen LogP contribution in [0.5, 0.6) is 0 Å². The number of nitrogens with zero attached hydrogens (tertiary/aromatic N) is 5. The fraction of sp³-hybridized carbons (Fsp3) is 0.360. The number of carbonyl (C=O) groups is 2. The average Bonchev–Trinajstić information content (AvgIpc) is 3.38. The Morgan fingerprint density at radius 2 is 2.00 bits per heavy atom. The lowest BCUT2D eigenvalue weighted by atomic mass is 9.97. The smallest absolute Gasteiger partial charge is 0.290 e. The highest BCUT2D eigenvalue weighted by molar-refractivity contribution is 8.18. The molecule has 3 aromatic rings. The summed E-state index contributed by atoms with van der Waals surface area (Å²) in [6.45, 7) is 7.27. The van der Waals surface area contributed by atoms with Crippen LogP contribution >= 0.6 is 11.8 Å². The van der Waals surface area contributed by atoms with Crippen molar-refractivity contribution in [3.8, 4) is 11.3 Å². The van der Waals surface area contributed by atoms with E-state index in [0.717, 1.165) is 73.5 Å². The van der Waals surface area contributed by atoms with Crippen molar-refractivity contribution in [3.63, 3.8) is 0 Å². The van der Waals surface area contributed by atoms with Crippen molar-refractivity contribution < 1.29 is 14.1 Å². The van der Waals surface area contributed by atoms with Crippen LogP contribution in [0.2, 0.25) is 0 Å². The Kier molecular flexibility index (Phi) is 7.10. The highest BCUT2D eigenvalue weighted by Crippen LogP contribution is 2.27. The van der Waals surface area contributed by atoms with E-state index >= 15 is 0 Å². The molecule has 2 amide bonds. The molecule has 3 aromatic heterocycles. The normalized spacial score (nSPS) is 17.7.